The third kappa shape index (κ3) is 10.8. The Morgan fingerprint density at radius 3 is 2.00 bits per heavy atom. The van der Waals surface area contributed by atoms with Crippen LogP contribution in [-0.2, 0) is 19.4 Å². The van der Waals surface area contributed by atoms with Gasteiger partial charge < -0.3 is 25.2 Å². The van der Waals surface area contributed by atoms with Crippen molar-refractivity contribution < 1.29 is 37.8 Å². The molecule has 1 amide bonds. The molecule has 0 aliphatic heterocycles. The van der Waals surface area contributed by atoms with E-state index in [-0.39, 0.29) is 29.2 Å². The van der Waals surface area contributed by atoms with Crippen LogP contribution in [0.5, 0.6) is 5.75 Å². The number of hydrogen-bond donors (Lipinski definition) is 3. The minimum atomic E-state index is -3.37. The maximum Gasteiger partial charge on any atom is 0.303 e. The first-order valence-electron chi connectivity index (χ1n) is 9.28. The highest BCUT2D eigenvalue weighted by molar-refractivity contribution is 7.90. The molecule has 1 aromatic rings. The minimum Gasteiger partial charge on any atom is -0.496 e. The van der Waals surface area contributed by atoms with Crippen molar-refractivity contribution in [1.82, 2.24) is 10.2 Å². The number of rotatable bonds is 11. The predicted octanol–water partition coefficient (Wildman–Crippen LogP) is 1.11. The molecule has 170 valence electrons. The Bertz CT molecular complexity index is 806. The molecule has 0 saturated carbocycles. The topological polar surface area (TPSA) is 150 Å². The molecule has 0 unspecified atom stereocenters. The Balaban J connectivity index is 0.000000890. The van der Waals surface area contributed by atoms with Crippen molar-refractivity contribution in [3.05, 3.63) is 23.8 Å². The van der Waals surface area contributed by atoms with E-state index in [0.29, 0.717) is 12.3 Å². The number of carboxylic acids is 2. The number of carboxylic acid groups (broad SMARTS) is 2. The van der Waals surface area contributed by atoms with E-state index in [9.17, 15) is 22.8 Å². The van der Waals surface area contributed by atoms with Gasteiger partial charge in [-0.05, 0) is 31.3 Å². The van der Waals surface area contributed by atoms with Gasteiger partial charge in [0.05, 0.1) is 30.4 Å². The smallest absolute Gasteiger partial charge is 0.303 e. The molecule has 0 aliphatic carbocycles. The number of carbonyl (C=O) groups excluding carboxylic acids is 1. The fourth-order valence-electron chi connectivity index (χ4n) is 2.27. The van der Waals surface area contributed by atoms with E-state index in [2.05, 4.69) is 24.1 Å². The van der Waals surface area contributed by atoms with Crippen molar-refractivity contribution in [3.63, 3.8) is 0 Å². The highest BCUT2D eigenvalue weighted by Gasteiger charge is 2.16. The average Bonchev–Trinajstić information content (AvgIpc) is 2.68. The summed E-state index contributed by atoms with van der Waals surface area (Å²) in [6.45, 7) is 7.19. The van der Waals surface area contributed by atoms with Crippen LogP contribution in [0.1, 0.15) is 37.0 Å². The van der Waals surface area contributed by atoms with Crippen LogP contribution in [0, 0.1) is 0 Å². The van der Waals surface area contributed by atoms with E-state index in [1.165, 1.54) is 25.3 Å². The zero-order chi connectivity index (χ0) is 23.3. The van der Waals surface area contributed by atoms with E-state index >= 15 is 0 Å². The molecule has 0 heterocycles. The molecule has 1 aromatic carbocycles. The van der Waals surface area contributed by atoms with Crippen molar-refractivity contribution >= 4 is 27.7 Å². The van der Waals surface area contributed by atoms with Crippen molar-refractivity contribution in [2.75, 3.05) is 39.5 Å². The van der Waals surface area contributed by atoms with E-state index in [1.807, 2.05) is 0 Å². The van der Waals surface area contributed by atoms with Gasteiger partial charge in [-0.2, -0.15) is 0 Å². The molecule has 0 radical (unpaired) electrons. The molecule has 0 atom stereocenters. The first-order valence-corrected chi connectivity index (χ1v) is 11.2. The fourth-order valence-corrected chi connectivity index (χ4v) is 2.92. The van der Waals surface area contributed by atoms with Crippen molar-refractivity contribution in [2.24, 2.45) is 0 Å². The van der Waals surface area contributed by atoms with E-state index < -0.39 is 21.8 Å². The average molecular weight is 447 g/mol. The lowest BCUT2D eigenvalue weighted by Crippen LogP contribution is -2.35. The highest BCUT2D eigenvalue weighted by atomic mass is 32.2. The number of hydrogen-bond acceptors (Lipinski definition) is 7. The number of nitrogens with one attached hydrogen (secondary N) is 1. The molecule has 0 saturated heterocycles. The molecule has 0 aromatic heterocycles. The lowest BCUT2D eigenvalue weighted by Gasteiger charge is -2.18. The molecule has 0 bridgehead atoms. The van der Waals surface area contributed by atoms with Crippen molar-refractivity contribution in [1.29, 1.82) is 0 Å². The van der Waals surface area contributed by atoms with Crippen LogP contribution in [-0.4, -0.2) is 80.9 Å². The van der Waals surface area contributed by atoms with Crippen LogP contribution >= 0.6 is 0 Å². The molecule has 0 aliphatic rings. The van der Waals surface area contributed by atoms with Crippen LogP contribution in [0.15, 0.2) is 23.1 Å². The van der Waals surface area contributed by atoms with Crippen LogP contribution in [0.3, 0.4) is 0 Å². The van der Waals surface area contributed by atoms with E-state index in [4.69, 9.17) is 14.9 Å². The molecule has 3 N–H and O–H groups in total. The zero-order valence-electron chi connectivity index (χ0n) is 17.7. The Labute approximate surface area is 176 Å². The molecule has 30 heavy (non-hydrogen) atoms. The van der Waals surface area contributed by atoms with Gasteiger partial charge >= 0.3 is 11.9 Å². The van der Waals surface area contributed by atoms with Crippen LogP contribution in [0.2, 0.25) is 0 Å². The summed E-state index contributed by atoms with van der Waals surface area (Å²) < 4.78 is 28.4. The van der Waals surface area contributed by atoms with Gasteiger partial charge in [-0.1, -0.05) is 13.8 Å². The number of amides is 1. The third-order valence-electron chi connectivity index (χ3n) is 4.00. The molecule has 0 fully saturated rings. The Hall–Kier alpha value is -2.66. The van der Waals surface area contributed by atoms with Crippen LogP contribution in [0.25, 0.3) is 0 Å². The van der Waals surface area contributed by atoms with Gasteiger partial charge in [-0.3, -0.25) is 14.4 Å². The summed E-state index contributed by atoms with van der Waals surface area (Å²) in [4.78, 5) is 33.8. The monoisotopic (exact) mass is 446 g/mol. The molecular weight excluding hydrogens is 416 g/mol. The summed E-state index contributed by atoms with van der Waals surface area (Å²) in [6, 6.07) is 4.28. The van der Waals surface area contributed by atoms with Gasteiger partial charge in [0.25, 0.3) is 5.91 Å². The lowest BCUT2D eigenvalue weighted by atomic mass is 10.2. The summed E-state index contributed by atoms with van der Waals surface area (Å²) in [5, 5.41) is 18.6. The largest absolute Gasteiger partial charge is 0.496 e. The van der Waals surface area contributed by atoms with Crippen molar-refractivity contribution in [2.45, 2.75) is 31.6 Å². The normalized spacial score (nSPS) is 10.7. The molecule has 10 nitrogen and oxygen atoms in total. The summed E-state index contributed by atoms with van der Waals surface area (Å²) in [5.41, 5.74) is 0.227. The zero-order valence-corrected chi connectivity index (χ0v) is 18.5. The number of sulfone groups is 1. The number of nitrogens with zero attached hydrogens (tertiary/aromatic N) is 1. The van der Waals surface area contributed by atoms with Gasteiger partial charge in [0.2, 0.25) is 0 Å². The Morgan fingerprint density at radius 2 is 1.60 bits per heavy atom. The van der Waals surface area contributed by atoms with Gasteiger partial charge in [0, 0.05) is 19.3 Å². The van der Waals surface area contributed by atoms with Crippen LogP contribution < -0.4 is 10.1 Å². The molecule has 1 rings (SSSR count). The molecule has 0 spiro atoms. The second-order valence-corrected chi connectivity index (χ2v) is 8.22. The molecular formula is C19H30N2O8S. The quantitative estimate of drug-likeness (QED) is 0.454. The van der Waals surface area contributed by atoms with Gasteiger partial charge in [-0.25, -0.2) is 8.42 Å². The first kappa shape index (κ1) is 27.3. The number of aliphatic carboxylic acids is 2. The summed E-state index contributed by atoms with van der Waals surface area (Å²) >= 11 is 0. The van der Waals surface area contributed by atoms with Gasteiger partial charge in [-0.15, -0.1) is 0 Å². The Kier molecular flexibility index (Phi) is 12.3. The molecule has 11 heteroatoms. The predicted molar refractivity (Wildman–Crippen MR) is 111 cm³/mol. The Morgan fingerprint density at radius 1 is 1.07 bits per heavy atom. The standard InChI is InChI=1S/C15H24N2O4S.C4H6O4/c1-5-17(6-2)10-9-16-15(18)13-11-12(22(4,19)20)7-8-14(13)21-3;5-3(6)1-2-4(7)8/h7-8,11H,5-6,9-10H2,1-4H3,(H,16,18);1-2H2,(H,5,6)(H,7,8). The summed E-state index contributed by atoms with van der Waals surface area (Å²) in [5.74, 6) is -2.14. The maximum atomic E-state index is 12.3. The number of carbonyl (C=O) groups is 3. The number of likely N-dealkylation sites (N-methyl/N-ethyl adjacent to an activating group) is 1. The number of methoxy groups -OCH3 is 1. The summed E-state index contributed by atoms with van der Waals surface area (Å²) in [7, 11) is -1.92. The van der Waals surface area contributed by atoms with E-state index in [0.717, 1.165) is 25.9 Å². The fraction of sp³-hybridized carbons (Fsp3) is 0.526. The summed E-state index contributed by atoms with van der Waals surface area (Å²) in [6.07, 6.45) is 0.515. The lowest BCUT2D eigenvalue weighted by molar-refractivity contribution is -0.143. The van der Waals surface area contributed by atoms with Crippen molar-refractivity contribution in [3.8, 4) is 5.75 Å². The highest BCUT2D eigenvalue weighted by Crippen LogP contribution is 2.22. The number of benzene rings is 1. The first-order chi connectivity index (χ1) is 14.0. The second-order valence-electron chi connectivity index (χ2n) is 6.20. The SMILES string of the molecule is CCN(CC)CCNC(=O)c1cc(S(C)(=O)=O)ccc1OC.O=C(O)CCC(=O)O. The van der Waals surface area contributed by atoms with Crippen LogP contribution in [0.4, 0.5) is 0 Å². The maximum absolute atomic E-state index is 12.3. The number of ether oxygens (including phenoxy) is 1. The van der Waals surface area contributed by atoms with E-state index in [1.54, 1.807) is 0 Å². The van der Waals surface area contributed by atoms with Gasteiger partial charge in [0.15, 0.2) is 9.84 Å². The third-order valence-corrected chi connectivity index (χ3v) is 5.11. The minimum absolute atomic E-state index is 0.0993. The van der Waals surface area contributed by atoms with Gasteiger partial charge in [0.1, 0.15) is 5.75 Å². The second kappa shape index (κ2) is 13.5.